The molecule has 9 nitrogen and oxygen atoms in total. The van der Waals surface area contributed by atoms with Crippen LogP contribution in [0, 0.1) is 10.1 Å². The number of sulfone groups is 1. The molecular weight excluding hydrogens is 361 g/mol. The second kappa shape index (κ2) is 6.43. The lowest BCUT2D eigenvalue weighted by Crippen LogP contribution is -2.44. The summed E-state index contributed by atoms with van der Waals surface area (Å²) in [6.07, 6.45) is -4.78. The number of carbonyl (C=O) groups excluding carboxylic acids is 1. The van der Waals surface area contributed by atoms with Crippen molar-refractivity contribution < 1.29 is 41.2 Å². The maximum absolute atomic E-state index is 12.6. The third-order valence-electron chi connectivity index (χ3n) is 2.64. The van der Waals surface area contributed by atoms with Gasteiger partial charge < -0.3 is 5.11 Å². The Morgan fingerprint density at radius 1 is 1.33 bits per heavy atom. The van der Waals surface area contributed by atoms with Crippen LogP contribution in [-0.2, 0) is 19.4 Å². The SMILES string of the molecule is CS(=O)(=O)c1ccc(N(CC(=O)O)C(=O)C(F)(F)F)c([N+](=O)[O-])c1. The number of nitro groups is 1. The molecule has 0 heterocycles. The van der Waals surface area contributed by atoms with Gasteiger partial charge in [-0.2, -0.15) is 13.2 Å². The highest BCUT2D eigenvalue weighted by molar-refractivity contribution is 7.90. The van der Waals surface area contributed by atoms with Crippen molar-refractivity contribution in [2.45, 2.75) is 11.1 Å². The molecular formula is C11H9F3N2O7S. The molecule has 0 aliphatic heterocycles. The number of carboxylic acid groups (broad SMARTS) is 1. The van der Waals surface area contributed by atoms with Crippen molar-refractivity contribution in [3.05, 3.63) is 28.3 Å². The van der Waals surface area contributed by atoms with Crippen molar-refractivity contribution in [1.29, 1.82) is 0 Å². The molecule has 0 saturated heterocycles. The highest BCUT2D eigenvalue weighted by Gasteiger charge is 2.45. The number of aliphatic carboxylic acids is 1. The van der Waals surface area contributed by atoms with E-state index in [1.165, 1.54) is 0 Å². The number of halogens is 3. The van der Waals surface area contributed by atoms with Crippen molar-refractivity contribution in [1.82, 2.24) is 0 Å². The van der Waals surface area contributed by atoms with Crippen LogP contribution in [-0.4, -0.2) is 49.3 Å². The van der Waals surface area contributed by atoms with Crippen LogP contribution in [0.5, 0.6) is 0 Å². The predicted octanol–water partition coefficient (Wildman–Crippen LogP) is 0.978. The summed E-state index contributed by atoms with van der Waals surface area (Å²) in [6.45, 7) is -1.50. The van der Waals surface area contributed by atoms with Gasteiger partial charge in [-0.1, -0.05) is 0 Å². The lowest BCUT2D eigenvalue weighted by Gasteiger charge is -2.22. The van der Waals surface area contributed by atoms with Gasteiger partial charge in [0.2, 0.25) is 0 Å². The lowest BCUT2D eigenvalue weighted by atomic mass is 10.2. The first-order valence-electron chi connectivity index (χ1n) is 5.84. The molecule has 0 unspecified atom stereocenters. The van der Waals surface area contributed by atoms with Crippen LogP contribution in [0.4, 0.5) is 24.5 Å². The van der Waals surface area contributed by atoms with Gasteiger partial charge >= 0.3 is 18.1 Å². The topological polar surface area (TPSA) is 135 Å². The smallest absolute Gasteiger partial charge is 0.471 e. The van der Waals surface area contributed by atoms with Gasteiger partial charge in [0.15, 0.2) is 9.84 Å². The van der Waals surface area contributed by atoms with Gasteiger partial charge in [-0.15, -0.1) is 0 Å². The Morgan fingerprint density at radius 3 is 2.25 bits per heavy atom. The van der Waals surface area contributed by atoms with Crippen molar-refractivity contribution in [3.8, 4) is 0 Å². The summed E-state index contributed by atoms with van der Waals surface area (Å²) >= 11 is 0. The van der Waals surface area contributed by atoms with Crippen LogP contribution in [0.15, 0.2) is 23.1 Å². The first-order chi connectivity index (χ1) is 10.7. The van der Waals surface area contributed by atoms with Crippen LogP contribution in [0.25, 0.3) is 0 Å². The lowest BCUT2D eigenvalue weighted by molar-refractivity contribution is -0.384. The van der Waals surface area contributed by atoms with E-state index in [9.17, 15) is 41.3 Å². The van der Waals surface area contributed by atoms with E-state index in [1.807, 2.05) is 0 Å². The van der Waals surface area contributed by atoms with E-state index < -0.39 is 55.6 Å². The molecule has 0 aliphatic carbocycles. The second-order valence-electron chi connectivity index (χ2n) is 4.46. The largest absolute Gasteiger partial charge is 0.480 e. The van der Waals surface area contributed by atoms with E-state index in [0.717, 1.165) is 6.07 Å². The molecule has 0 aromatic heterocycles. The van der Waals surface area contributed by atoms with Gasteiger partial charge in [-0.25, -0.2) is 8.42 Å². The van der Waals surface area contributed by atoms with Crippen LogP contribution < -0.4 is 4.90 Å². The van der Waals surface area contributed by atoms with E-state index in [0.29, 0.717) is 18.4 Å². The monoisotopic (exact) mass is 370 g/mol. The van der Waals surface area contributed by atoms with Gasteiger partial charge in [0.05, 0.1) is 9.82 Å². The summed E-state index contributed by atoms with van der Waals surface area (Å²) in [4.78, 5) is 30.9. The van der Waals surface area contributed by atoms with E-state index >= 15 is 0 Å². The van der Waals surface area contributed by atoms with Crippen LogP contribution in [0.2, 0.25) is 0 Å². The number of hydrogen-bond acceptors (Lipinski definition) is 6. The van der Waals surface area contributed by atoms with Crippen molar-refractivity contribution >= 4 is 33.1 Å². The molecule has 13 heteroatoms. The van der Waals surface area contributed by atoms with E-state index in [4.69, 9.17) is 5.11 Å². The van der Waals surface area contributed by atoms with Gasteiger partial charge in [-0.3, -0.25) is 24.6 Å². The summed E-state index contributed by atoms with van der Waals surface area (Å²) in [6, 6.07) is 1.75. The maximum Gasteiger partial charge on any atom is 0.471 e. The van der Waals surface area contributed by atoms with Crippen LogP contribution in [0.1, 0.15) is 0 Å². The number of hydrogen-bond donors (Lipinski definition) is 1. The van der Waals surface area contributed by atoms with Crippen molar-refractivity contribution in [2.24, 2.45) is 0 Å². The predicted molar refractivity (Wildman–Crippen MR) is 72.2 cm³/mol. The summed E-state index contributed by atoms with van der Waals surface area (Å²) in [5.41, 5.74) is -2.14. The number of amides is 1. The van der Waals surface area contributed by atoms with Crippen LogP contribution in [0.3, 0.4) is 0 Å². The fourth-order valence-electron chi connectivity index (χ4n) is 1.66. The Hall–Kier alpha value is -2.70. The molecule has 0 atom stereocenters. The van der Waals surface area contributed by atoms with Crippen molar-refractivity contribution in [2.75, 3.05) is 17.7 Å². The van der Waals surface area contributed by atoms with Gasteiger partial charge in [-0.05, 0) is 12.1 Å². The summed E-state index contributed by atoms with van der Waals surface area (Å²) in [5, 5.41) is 19.7. The average Bonchev–Trinajstić information content (AvgIpc) is 2.41. The fraction of sp³-hybridized carbons (Fsp3) is 0.273. The Bertz CT molecular complexity index is 804. The van der Waals surface area contributed by atoms with E-state index in [1.54, 1.807) is 0 Å². The molecule has 1 N–H and O–H groups in total. The molecule has 0 saturated carbocycles. The highest BCUT2D eigenvalue weighted by Crippen LogP contribution is 2.33. The maximum atomic E-state index is 12.6. The zero-order valence-corrected chi connectivity index (χ0v) is 12.6. The summed E-state index contributed by atoms with van der Waals surface area (Å²) in [5.74, 6) is -4.49. The minimum atomic E-state index is -5.49. The normalized spacial score (nSPS) is 11.8. The number of rotatable bonds is 5. The Balaban J connectivity index is 3.61. The fourth-order valence-corrected chi connectivity index (χ4v) is 2.30. The Kier molecular flexibility index (Phi) is 5.18. The third kappa shape index (κ3) is 4.41. The zero-order valence-electron chi connectivity index (χ0n) is 11.8. The number of carboxylic acids is 1. The standard InChI is InChI=1S/C11H9F3N2O7S/c1-24(22,23)6-2-3-7(8(4-6)16(20)21)15(5-9(17)18)10(19)11(12,13)14/h2-4H,5H2,1H3,(H,17,18). The van der Waals surface area contributed by atoms with Crippen molar-refractivity contribution in [3.63, 3.8) is 0 Å². The molecule has 132 valence electrons. The Labute approximate surface area is 132 Å². The molecule has 0 aliphatic rings. The van der Waals surface area contributed by atoms with E-state index in [-0.39, 0.29) is 4.90 Å². The number of nitro benzene ring substituents is 1. The summed E-state index contributed by atoms with van der Waals surface area (Å²) < 4.78 is 60.5. The molecule has 0 fully saturated rings. The van der Waals surface area contributed by atoms with Gasteiger partial charge in [0, 0.05) is 12.3 Å². The average molecular weight is 370 g/mol. The first kappa shape index (κ1) is 19.3. The molecule has 0 bridgehead atoms. The number of benzene rings is 1. The van der Waals surface area contributed by atoms with Gasteiger partial charge in [0.1, 0.15) is 12.2 Å². The zero-order chi connectivity index (χ0) is 18.9. The number of alkyl halides is 3. The molecule has 0 spiro atoms. The number of anilines is 1. The molecule has 1 aromatic carbocycles. The second-order valence-corrected chi connectivity index (χ2v) is 6.48. The minimum Gasteiger partial charge on any atom is -0.480 e. The molecule has 1 aromatic rings. The van der Waals surface area contributed by atoms with Crippen LogP contribution >= 0.6 is 0 Å². The molecule has 1 amide bonds. The number of carbonyl (C=O) groups is 2. The van der Waals surface area contributed by atoms with Gasteiger partial charge in [0.25, 0.3) is 5.69 Å². The third-order valence-corrected chi connectivity index (χ3v) is 3.75. The molecule has 0 radical (unpaired) electrons. The quantitative estimate of drug-likeness (QED) is 0.603. The minimum absolute atomic E-state index is 0.355. The Morgan fingerprint density at radius 2 is 1.88 bits per heavy atom. The summed E-state index contributed by atoms with van der Waals surface area (Å²) in [7, 11) is -3.92. The number of nitrogens with zero attached hydrogens (tertiary/aromatic N) is 2. The molecule has 1 rings (SSSR count). The van der Waals surface area contributed by atoms with E-state index in [2.05, 4.69) is 0 Å². The highest BCUT2D eigenvalue weighted by atomic mass is 32.2. The first-order valence-corrected chi connectivity index (χ1v) is 7.73. The molecule has 24 heavy (non-hydrogen) atoms.